The van der Waals surface area contributed by atoms with Crippen LogP contribution in [0.3, 0.4) is 0 Å². The highest BCUT2D eigenvalue weighted by Crippen LogP contribution is 2.28. The summed E-state index contributed by atoms with van der Waals surface area (Å²) in [6.07, 6.45) is 3.75. The van der Waals surface area contributed by atoms with Crippen molar-refractivity contribution in [3.05, 3.63) is 101 Å². The van der Waals surface area contributed by atoms with Crippen LogP contribution < -0.4 is 22.1 Å². The first kappa shape index (κ1) is 31.8. The molecule has 234 valence electrons. The molecule has 2 unspecified atom stereocenters. The Hall–Kier alpha value is -4.64. The number of anilines is 1. The lowest BCUT2D eigenvalue weighted by Gasteiger charge is -2.30. The minimum absolute atomic E-state index is 0.0445. The van der Waals surface area contributed by atoms with Crippen molar-refractivity contribution in [3.8, 4) is 0 Å². The third-order valence-corrected chi connectivity index (χ3v) is 8.74. The largest absolute Gasteiger partial charge is 0.459 e. The SMILES string of the molecule is Cc1ccc2nc(C(=O)N[C@@H](CSCc3ccccc3)C(=O)OCc3ccccc3)nc(NC3CCCCC3N=C(N)N)c2c1. The van der Waals surface area contributed by atoms with Crippen LogP contribution in [-0.2, 0) is 21.9 Å². The van der Waals surface area contributed by atoms with Crippen molar-refractivity contribution >= 4 is 46.3 Å². The molecule has 1 aliphatic rings. The molecule has 11 heteroatoms. The highest BCUT2D eigenvalue weighted by atomic mass is 32.2. The van der Waals surface area contributed by atoms with E-state index in [9.17, 15) is 9.59 Å². The summed E-state index contributed by atoms with van der Waals surface area (Å²) in [6.45, 7) is 2.10. The Labute approximate surface area is 267 Å². The summed E-state index contributed by atoms with van der Waals surface area (Å²) in [6, 6.07) is 24.1. The van der Waals surface area contributed by atoms with Crippen LogP contribution >= 0.6 is 11.8 Å². The second-order valence-corrected chi connectivity index (χ2v) is 12.2. The van der Waals surface area contributed by atoms with Crippen molar-refractivity contribution in [2.24, 2.45) is 16.5 Å². The Kier molecular flexibility index (Phi) is 10.9. The molecule has 10 nitrogen and oxygen atoms in total. The number of aryl methyl sites for hydroxylation is 1. The normalized spacial score (nSPS) is 16.8. The quantitative estimate of drug-likeness (QED) is 0.0994. The van der Waals surface area contributed by atoms with Gasteiger partial charge in [-0.15, -0.1) is 0 Å². The van der Waals surface area contributed by atoms with E-state index in [2.05, 4.69) is 25.6 Å². The molecule has 6 N–H and O–H groups in total. The second-order valence-electron chi connectivity index (χ2n) is 11.2. The summed E-state index contributed by atoms with van der Waals surface area (Å²) in [5.74, 6) is 0.436. The van der Waals surface area contributed by atoms with E-state index < -0.39 is 17.9 Å². The number of esters is 1. The zero-order chi connectivity index (χ0) is 31.6. The van der Waals surface area contributed by atoms with E-state index in [1.807, 2.05) is 85.8 Å². The number of nitrogens with zero attached hydrogens (tertiary/aromatic N) is 3. The molecule has 0 saturated heterocycles. The fourth-order valence-electron chi connectivity index (χ4n) is 5.34. The minimum atomic E-state index is -0.909. The van der Waals surface area contributed by atoms with Gasteiger partial charge < -0.3 is 26.8 Å². The van der Waals surface area contributed by atoms with Crippen molar-refractivity contribution in [1.29, 1.82) is 0 Å². The maximum Gasteiger partial charge on any atom is 0.329 e. The number of carbonyl (C=O) groups excluding carboxylic acids is 2. The summed E-state index contributed by atoms with van der Waals surface area (Å²) in [7, 11) is 0. The monoisotopic (exact) mass is 625 g/mol. The van der Waals surface area contributed by atoms with Crippen LogP contribution in [0, 0.1) is 6.92 Å². The third-order valence-electron chi connectivity index (χ3n) is 7.63. The van der Waals surface area contributed by atoms with Gasteiger partial charge in [-0.05, 0) is 43.0 Å². The summed E-state index contributed by atoms with van der Waals surface area (Å²) >= 11 is 1.54. The van der Waals surface area contributed by atoms with Gasteiger partial charge in [-0.25, -0.2) is 19.8 Å². The molecule has 0 radical (unpaired) electrons. The van der Waals surface area contributed by atoms with Crippen molar-refractivity contribution < 1.29 is 14.3 Å². The highest BCUT2D eigenvalue weighted by Gasteiger charge is 2.28. The van der Waals surface area contributed by atoms with E-state index in [0.717, 1.165) is 47.8 Å². The molecule has 0 bridgehead atoms. The molecular formula is C34H39N7O3S. The first-order chi connectivity index (χ1) is 21.9. The number of aromatic nitrogens is 2. The average molecular weight is 626 g/mol. The standard InChI is InChI=1S/C34H39N7O3S/c1-22-16-17-26-25(18-22)30(38-27-14-8-9-15-28(27)40-34(35)36)41-31(37-26)32(42)39-29(21-45-20-24-12-6-3-7-13-24)33(43)44-19-23-10-4-2-5-11-23/h2-7,10-13,16-18,27-29H,8-9,14-15,19-21H2,1H3,(H,39,42)(H4,35,36,40)(H,37,38,41)/t27?,28?,29-/m0/s1. The first-order valence-electron chi connectivity index (χ1n) is 15.1. The number of hydrogen-bond acceptors (Lipinski definition) is 8. The van der Waals surface area contributed by atoms with Gasteiger partial charge in [0, 0.05) is 16.9 Å². The van der Waals surface area contributed by atoms with Crippen LogP contribution in [0.1, 0.15) is 53.0 Å². The molecule has 1 aliphatic carbocycles. The van der Waals surface area contributed by atoms with Crippen molar-refractivity contribution in [2.45, 2.75) is 63.1 Å². The number of aliphatic imine (C=N–C) groups is 1. The molecule has 1 fully saturated rings. The van der Waals surface area contributed by atoms with Crippen molar-refractivity contribution in [2.75, 3.05) is 11.1 Å². The lowest BCUT2D eigenvalue weighted by atomic mass is 9.90. The molecule has 3 atom stereocenters. The first-order valence-corrected chi connectivity index (χ1v) is 16.3. The molecule has 1 amide bonds. The van der Waals surface area contributed by atoms with Gasteiger partial charge in [-0.2, -0.15) is 11.8 Å². The van der Waals surface area contributed by atoms with E-state index in [1.54, 1.807) is 0 Å². The topological polar surface area (TPSA) is 158 Å². The molecule has 1 aromatic heterocycles. The lowest BCUT2D eigenvalue weighted by molar-refractivity contribution is -0.146. The van der Waals surface area contributed by atoms with Gasteiger partial charge in [0.15, 0.2) is 5.96 Å². The van der Waals surface area contributed by atoms with Crippen LogP contribution in [0.4, 0.5) is 5.82 Å². The zero-order valence-corrected chi connectivity index (χ0v) is 26.1. The van der Waals surface area contributed by atoms with Gasteiger partial charge in [0.05, 0.1) is 17.6 Å². The number of ether oxygens (including phenoxy) is 1. The molecule has 3 aromatic carbocycles. The lowest BCUT2D eigenvalue weighted by Crippen LogP contribution is -2.44. The number of nitrogens with two attached hydrogens (primary N) is 2. The third kappa shape index (κ3) is 8.95. The van der Waals surface area contributed by atoms with Crippen LogP contribution in [-0.4, -0.2) is 51.7 Å². The van der Waals surface area contributed by atoms with E-state index in [0.29, 0.717) is 22.8 Å². The smallest absolute Gasteiger partial charge is 0.329 e. The van der Waals surface area contributed by atoms with Crippen LogP contribution in [0.5, 0.6) is 0 Å². The summed E-state index contributed by atoms with van der Waals surface area (Å²) in [5.41, 5.74) is 15.1. The summed E-state index contributed by atoms with van der Waals surface area (Å²) in [5, 5.41) is 7.17. The molecule has 0 aliphatic heterocycles. The van der Waals surface area contributed by atoms with E-state index in [4.69, 9.17) is 16.2 Å². The predicted octanol–water partition coefficient (Wildman–Crippen LogP) is 4.71. The maximum absolute atomic E-state index is 13.7. The number of hydrogen-bond donors (Lipinski definition) is 4. The molecule has 0 spiro atoms. The van der Waals surface area contributed by atoms with Crippen molar-refractivity contribution in [3.63, 3.8) is 0 Å². The van der Waals surface area contributed by atoms with Crippen molar-refractivity contribution in [1.82, 2.24) is 15.3 Å². The van der Waals surface area contributed by atoms with Gasteiger partial charge in [-0.1, -0.05) is 85.1 Å². The molecule has 45 heavy (non-hydrogen) atoms. The summed E-state index contributed by atoms with van der Waals surface area (Å²) in [4.78, 5) is 40.7. The maximum atomic E-state index is 13.7. The second kappa shape index (κ2) is 15.4. The Morgan fingerprint density at radius 2 is 1.69 bits per heavy atom. The number of amides is 1. The number of thioether (sulfide) groups is 1. The number of benzene rings is 3. The molecule has 1 heterocycles. The highest BCUT2D eigenvalue weighted by molar-refractivity contribution is 7.98. The number of carbonyl (C=O) groups is 2. The Morgan fingerprint density at radius 1 is 0.978 bits per heavy atom. The van der Waals surface area contributed by atoms with Gasteiger partial charge in [-0.3, -0.25) is 4.79 Å². The summed E-state index contributed by atoms with van der Waals surface area (Å²) < 4.78 is 5.63. The number of rotatable bonds is 12. The fourth-order valence-corrected chi connectivity index (χ4v) is 6.35. The van der Waals surface area contributed by atoms with E-state index in [-0.39, 0.29) is 30.5 Å². The molecular weight excluding hydrogens is 586 g/mol. The van der Waals surface area contributed by atoms with Crippen LogP contribution in [0.2, 0.25) is 0 Å². The number of nitrogens with one attached hydrogen (secondary N) is 2. The van der Waals surface area contributed by atoms with Gasteiger partial charge in [0.25, 0.3) is 5.91 Å². The van der Waals surface area contributed by atoms with E-state index >= 15 is 0 Å². The predicted molar refractivity (Wildman–Crippen MR) is 180 cm³/mol. The van der Waals surface area contributed by atoms with Crippen LogP contribution in [0.25, 0.3) is 10.9 Å². The number of fused-ring (bicyclic) bond motifs is 1. The molecule has 4 aromatic rings. The van der Waals surface area contributed by atoms with Crippen LogP contribution in [0.15, 0.2) is 83.9 Å². The minimum Gasteiger partial charge on any atom is -0.459 e. The number of guanidine groups is 1. The van der Waals surface area contributed by atoms with E-state index in [1.165, 1.54) is 11.8 Å². The average Bonchev–Trinajstić information content (AvgIpc) is 3.05. The Balaban J connectivity index is 1.37. The Bertz CT molecular complexity index is 1630. The van der Waals surface area contributed by atoms with Gasteiger partial charge in [0.2, 0.25) is 5.82 Å². The fraction of sp³-hybridized carbons (Fsp3) is 0.324. The van der Waals surface area contributed by atoms with Gasteiger partial charge in [0.1, 0.15) is 18.5 Å². The van der Waals surface area contributed by atoms with Gasteiger partial charge >= 0.3 is 5.97 Å². The zero-order valence-electron chi connectivity index (χ0n) is 25.3. The molecule has 1 saturated carbocycles. The Morgan fingerprint density at radius 3 is 2.42 bits per heavy atom. The molecule has 5 rings (SSSR count).